The number of anilines is 1. The highest BCUT2D eigenvalue weighted by molar-refractivity contribution is 7.16. The molecule has 0 saturated carbocycles. The summed E-state index contributed by atoms with van der Waals surface area (Å²) in [4.78, 5) is 27.5. The van der Waals surface area contributed by atoms with Crippen molar-refractivity contribution in [2.45, 2.75) is 27.3 Å². The first-order chi connectivity index (χ1) is 13.7. The van der Waals surface area contributed by atoms with Crippen molar-refractivity contribution in [3.8, 4) is 11.5 Å². The van der Waals surface area contributed by atoms with E-state index in [0.29, 0.717) is 28.6 Å². The number of hydrogen-bond acceptors (Lipinski definition) is 7. The van der Waals surface area contributed by atoms with Gasteiger partial charge in [-0.1, -0.05) is 0 Å². The van der Waals surface area contributed by atoms with Gasteiger partial charge in [0, 0.05) is 11.4 Å². The van der Waals surface area contributed by atoms with Crippen molar-refractivity contribution in [3.05, 3.63) is 39.3 Å². The van der Waals surface area contributed by atoms with E-state index in [-0.39, 0.29) is 12.5 Å². The average Bonchev–Trinajstić information content (AvgIpc) is 2.95. The monoisotopic (exact) mass is 420 g/mol. The standard InChI is InChI=1S/C21H28N2O5S/c1-12-8-16(26-5)17(27-6)9-15(12)10-23(4)11-18(24)22-20-19(21(25)28-7)13(2)14(3)29-20/h8-9H,10-11H2,1-7H3,(H,22,24). The fourth-order valence-corrected chi connectivity index (χ4v) is 4.08. The van der Waals surface area contributed by atoms with Gasteiger partial charge >= 0.3 is 5.97 Å². The second-order valence-electron chi connectivity index (χ2n) is 6.83. The molecular formula is C21H28N2O5S. The summed E-state index contributed by atoms with van der Waals surface area (Å²) in [6.45, 7) is 6.48. The number of esters is 1. The second kappa shape index (κ2) is 9.76. The molecule has 1 aromatic heterocycles. The van der Waals surface area contributed by atoms with E-state index in [1.807, 2.05) is 44.9 Å². The molecule has 158 valence electrons. The molecule has 8 heteroatoms. The molecule has 29 heavy (non-hydrogen) atoms. The van der Waals surface area contributed by atoms with E-state index >= 15 is 0 Å². The van der Waals surface area contributed by atoms with Gasteiger partial charge in [0.25, 0.3) is 0 Å². The largest absolute Gasteiger partial charge is 0.493 e. The van der Waals surface area contributed by atoms with Crippen LogP contribution in [0.15, 0.2) is 12.1 Å². The Morgan fingerprint density at radius 2 is 1.69 bits per heavy atom. The Morgan fingerprint density at radius 1 is 1.07 bits per heavy atom. The number of amides is 1. The van der Waals surface area contributed by atoms with E-state index < -0.39 is 5.97 Å². The van der Waals surface area contributed by atoms with Crippen LogP contribution in [0.25, 0.3) is 0 Å². The van der Waals surface area contributed by atoms with E-state index in [9.17, 15) is 9.59 Å². The highest BCUT2D eigenvalue weighted by atomic mass is 32.1. The van der Waals surface area contributed by atoms with Crippen LogP contribution in [0.4, 0.5) is 5.00 Å². The number of carbonyl (C=O) groups excluding carboxylic acids is 2. The van der Waals surface area contributed by atoms with Crippen LogP contribution in [-0.2, 0) is 16.1 Å². The Labute approximate surface area is 175 Å². The summed E-state index contributed by atoms with van der Waals surface area (Å²) in [5.74, 6) is 0.680. The molecule has 0 aliphatic rings. The molecule has 2 rings (SSSR count). The van der Waals surface area contributed by atoms with E-state index in [2.05, 4.69) is 5.32 Å². The maximum Gasteiger partial charge on any atom is 0.341 e. The summed E-state index contributed by atoms with van der Waals surface area (Å²) in [7, 11) is 6.39. The molecule has 2 aromatic rings. The van der Waals surface area contributed by atoms with E-state index in [0.717, 1.165) is 21.6 Å². The maximum absolute atomic E-state index is 12.6. The minimum atomic E-state index is -0.448. The molecule has 1 aromatic carbocycles. The third-order valence-electron chi connectivity index (χ3n) is 4.72. The van der Waals surface area contributed by atoms with E-state index in [1.165, 1.54) is 18.4 Å². The maximum atomic E-state index is 12.6. The van der Waals surface area contributed by atoms with Crippen molar-refractivity contribution in [1.82, 2.24) is 4.90 Å². The predicted molar refractivity (Wildman–Crippen MR) is 114 cm³/mol. The van der Waals surface area contributed by atoms with Crippen LogP contribution in [0, 0.1) is 20.8 Å². The van der Waals surface area contributed by atoms with Crippen molar-refractivity contribution in [2.75, 3.05) is 40.2 Å². The van der Waals surface area contributed by atoms with Crippen LogP contribution in [0.5, 0.6) is 11.5 Å². The van der Waals surface area contributed by atoms with Gasteiger partial charge in [0.1, 0.15) is 5.00 Å². The SMILES string of the molecule is COC(=O)c1c(NC(=O)CN(C)Cc2cc(OC)c(OC)cc2C)sc(C)c1C. The number of hydrogen-bond donors (Lipinski definition) is 1. The van der Waals surface area contributed by atoms with Crippen molar-refractivity contribution >= 4 is 28.2 Å². The van der Waals surface area contributed by atoms with Gasteiger partial charge in [-0.15, -0.1) is 11.3 Å². The van der Waals surface area contributed by atoms with Gasteiger partial charge in [0.05, 0.1) is 33.4 Å². The fraction of sp³-hybridized carbons (Fsp3) is 0.429. The van der Waals surface area contributed by atoms with Gasteiger partial charge in [-0.2, -0.15) is 0 Å². The van der Waals surface area contributed by atoms with Crippen LogP contribution in [0.1, 0.15) is 31.9 Å². The zero-order chi connectivity index (χ0) is 21.7. The lowest BCUT2D eigenvalue weighted by molar-refractivity contribution is -0.117. The zero-order valence-electron chi connectivity index (χ0n) is 18.0. The Morgan fingerprint density at radius 3 is 2.28 bits per heavy atom. The molecule has 0 saturated heterocycles. The molecule has 1 N–H and O–H groups in total. The number of ether oxygens (including phenoxy) is 3. The molecule has 0 aliphatic heterocycles. The Kier molecular flexibility index (Phi) is 7.64. The molecule has 1 heterocycles. The first-order valence-corrected chi connectivity index (χ1v) is 9.91. The summed E-state index contributed by atoms with van der Waals surface area (Å²) in [6.07, 6.45) is 0. The minimum absolute atomic E-state index is 0.171. The summed E-state index contributed by atoms with van der Waals surface area (Å²) >= 11 is 1.37. The Bertz CT molecular complexity index is 907. The van der Waals surface area contributed by atoms with Crippen molar-refractivity contribution in [1.29, 1.82) is 0 Å². The van der Waals surface area contributed by atoms with Crippen LogP contribution in [0.2, 0.25) is 0 Å². The van der Waals surface area contributed by atoms with Gasteiger partial charge in [-0.05, 0) is 56.6 Å². The molecule has 0 radical (unpaired) electrons. The van der Waals surface area contributed by atoms with Gasteiger partial charge in [0.15, 0.2) is 11.5 Å². The Balaban J connectivity index is 2.09. The molecule has 0 atom stereocenters. The molecule has 0 unspecified atom stereocenters. The quantitative estimate of drug-likeness (QED) is 0.658. The Hall–Kier alpha value is -2.58. The van der Waals surface area contributed by atoms with Gasteiger partial charge in [-0.25, -0.2) is 4.79 Å². The minimum Gasteiger partial charge on any atom is -0.493 e. The third-order valence-corrected chi connectivity index (χ3v) is 5.85. The van der Waals surface area contributed by atoms with Crippen molar-refractivity contribution in [3.63, 3.8) is 0 Å². The smallest absolute Gasteiger partial charge is 0.341 e. The first kappa shape index (κ1) is 22.7. The van der Waals surface area contributed by atoms with E-state index in [1.54, 1.807) is 14.2 Å². The number of thiophene rings is 1. The number of likely N-dealkylation sites (N-methyl/N-ethyl adjacent to an activating group) is 1. The lowest BCUT2D eigenvalue weighted by Crippen LogP contribution is -2.30. The normalized spacial score (nSPS) is 10.8. The molecule has 0 spiro atoms. The number of nitrogens with zero attached hydrogens (tertiary/aromatic N) is 1. The number of benzene rings is 1. The molecule has 0 bridgehead atoms. The highest BCUT2D eigenvalue weighted by Crippen LogP contribution is 2.33. The molecule has 0 aliphatic carbocycles. The van der Waals surface area contributed by atoms with Crippen molar-refractivity contribution < 1.29 is 23.8 Å². The van der Waals surface area contributed by atoms with Crippen molar-refractivity contribution in [2.24, 2.45) is 0 Å². The third kappa shape index (κ3) is 5.27. The highest BCUT2D eigenvalue weighted by Gasteiger charge is 2.22. The predicted octanol–water partition coefficient (Wildman–Crippen LogP) is 3.55. The molecule has 0 fully saturated rings. The number of aryl methyl sites for hydroxylation is 2. The number of carbonyl (C=O) groups is 2. The number of methoxy groups -OCH3 is 3. The van der Waals surface area contributed by atoms with Crippen LogP contribution in [0.3, 0.4) is 0 Å². The fourth-order valence-electron chi connectivity index (χ4n) is 3.01. The van der Waals surface area contributed by atoms with Gasteiger partial charge in [0.2, 0.25) is 5.91 Å². The average molecular weight is 421 g/mol. The lowest BCUT2D eigenvalue weighted by atomic mass is 10.1. The molecular weight excluding hydrogens is 392 g/mol. The zero-order valence-corrected chi connectivity index (χ0v) is 18.8. The number of nitrogens with one attached hydrogen (secondary N) is 1. The van der Waals surface area contributed by atoms with Crippen LogP contribution >= 0.6 is 11.3 Å². The van der Waals surface area contributed by atoms with E-state index in [4.69, 9.17) is 14.2 Å². The topological polar surface area (TPSA) is 77.1 Å². The summed E-state index contributed by atoms with van der Waals surface area (Å²) in [6, 6.07) is 3.84. The number of rotatable bonds is 8. The first-order valence-electron chi connectivity index (χ1n) is 9.10. The van der Waals surface area contributed by atoms with Gasteiger partial charge < -0.3 is 19.5 Å². The lowest BCUT2D eigenvalue weighted by Gasteiger charge is -2.19. The second-order valence-corrected chi connectivity index (χ2v) is 8.06. The summed E-state index contributed by atoms with van der Waals surface area (Å²) in [5.41, 5.74) is 3.33. The summed E-state index contributed by atoms with van der Waals surface area (Å²) in [5, 5.41) is 3.37. The molecule has 1 amide bonds. The van der Waals surface area contributed by atoms with Crippen LogP contribution < -0.4 is 14.8 Å². The van der Waals surface area contributed by atoms with Crippen LogP contribution in [-0.4, -0.2) is 51.7 Å². The van der Waals surface area contributed by atoms with Gasteiger partial charge in [-0.3, -0.25) is 9.69 Å². The summed E-state index contributed by atoms with van der Waals surface area (Å²) < 4.78 is 15.5. The molecule has 7 nitrogen and oxygen atoms in total.